The van der Waals surface area contributed by atoms with Gasteiger partial charge in [-0.2, -0.15) is 0 Å². The number of nitrogens with two attached hydrogens (primary N) is 1. The van der Waals surface area contributed by atoms with E-state index in [0.29, 0.717) is 0 Å². The molecule has 0 bridgehead atoms. The van der Waals surface area contributed by atoms with Crippen LogP contribution in [0.3, 0.4) is 0 Å². The predicted octanol–water partition coefficient (Wildman–Crippen LogP) is 11.7. The number of thioether (sulfide) groups is 1. The van der Waals surface area contributed by atoms with Gasteiger partial charge in [0, 0.05) is 5.75 Å². The summed E-state index contributed by atoms with van der Waals surface area (Å²) < 4.78 is 5.87. The minimum absolute atomic E-state index is 0.0111. The van der Waals surface area contributed by atoms with Crippen molar-refractivity contribution in [2.45, 2.75) is 168 Å². The highest BCUT2D eigenvalue weighted by Crippen LogP contribution is 2.23. The van der Waals surface area contributed by atoms with E-state index < -0.39 is 0 Å². The maximum Gasteiger partial charge on any atom is 0.217 e. The number of carbonyl (C=O) groups is 1. The van der Waals surface area contributed by atoms with Crippen molar-refractivity contribution in [1.29, 1.82) is 0 Å². The summed E-state index contributed by atoms with van der Waals surface area (Å²) in [6, 6.07) is 8.06. The van der Waals surface area contributed by atoms with Gasteiger partial charge in [0.05, 0.1) is 6.08 Å². The van der Waals surface area contributed by atoms with E-state index in [4.69, 9.17) is 10.5 Å². The summed E-state index contributed by atoms with van der Waals surface area (Å²) in [6.07, 6.45) is 33.3. The third-order valence-corrected chi connectivity index (χ3v) is 8.65. The molecule has 4 heteroatoms. The Morgan fingerprint density at radius 1 is 0.650 bits per heavy atom. The number of hydrogen-bond acceptors (Lipinski definition) is 4. The Morgan fingerprint density at radius 3 is 1.57 bits per heavy atom. The summed E-state index contributed by atoms with van der Waals surface area (Å²) >= 11 is 1.36. The third kappa shape index (κ3) is 22.3. The Kier molecular flexibility index (Phi) is 25.4. The van der Waals surface area contributed by atoms with E-state index in [1.54, 1.807) is 0 Å². The van der Waals surface area contributed by atoms with Crippen LogP contribution in [0.15, 0.2) is 36.2 Å². The minimum Gasteiger partial charge on any atom is -0.441 e. The second-order valence-electron chi connectivity index (χ2n) is 11.6. The van der Waals surface area contributed by atoms with Crippen LogP contribution in [0.2, 0.25) is 0 Å². The molecule has 0 unspecified atom stereocenters. The van der Waals surface area contributed by atoms with E-state index in [1.807, 2.05) is 18.2 Å². The molecule has 0 saturated heterocycles. The molecule has 3 nitrogen and oxygen atoms in total. The van der Waals surface area contributed by atoms with Crippen molar-refractivity contribution in [1.82, 2.24) is 0 Å². The maximum atomic E-state index is 12.3. The Morgan fingerprint density at radius 2 is 1.07 bits per heavy atom. The lowest BCUT2D eigenvalue weighted by Gasteiger charge is -2.11. The fourth-order valence-corrected chi connectivity index (χ4v) is 5.97. The van der Waals surface area contributed by atoms with Crippen LogP contribution in [0, 0.1) is 0 Å². The summed E-state index contributed by atoms with van der Waals surface area (Å²) in [4.78, 5) is 12.3. The van der Waals surface area contributed by atoms with Gasteiger partial charge >= 0.3 is 0 Å². The molecule has 0 fully saturated rings. The number of unbranched alkanes of at least 4 members (excludes halogenated alkanes) is 21. The Labute approximate surface area is 252 Å². The van der Waals surface area contributed by atoms with E-state index in [-0.39, 0.29) is 11.0 Å². The van der Waals surface area contributed by atoms with Crippen molar-refractivity contribution in [2.24, 2.45) is 5.73 Å². The molecule has 0 amide bonds. The van der Waals surface area contributed by atoms with Gasteiger partial charge in [-0.05, 0) is 30.9 Å². The molecule has 1 aromatic rings. The normalized spacial score (nSPS) is 11.7. The number of aryl methyl sites for hydroxylation is 1. The summed E-state index contributed by atoms with van der Waals surface area (Å²) in [6.45, 7) is 4.54. The van der Waals surface area contributed by atoms with Gasteiger partial charge in [-0.3, -0.25) is 4.79 Å². The van der Waals surface area contributed by atoms with E-state index in [2.05, 4.69) is 19.9 Å². The summed E-state index contributed by atoms with van der Waals surface area (Å²) in [7, 11) is 0. The smallest absolute Gasteiger partial charge is 0.217 e. The first-order valence-corrected chi connectivity index (χ1v) is 18.1. The number of carbonyl (C=O) groups excluding carboxylic acids is 1. The van der Waals surface area contributed by atoms with Gasteiger partial charge in [0.1, 0.15) is 5.75 Å². The molecule has 1 aromatic carbocycles. The van der Waals surface area contributed by atoms with Crippen LogP contribution in [-0.4, -0.2) is 10.9 Å². The molecular formula is C36H63NO2S. The summed E-state index contributed by atoms with van der Waals surface area (Å²) in [5.74, 6) is 1.82. The zero-order valence-corrected chi connectivity index (χ0v) is 27.2. The van der Waals surface area contributed by atoms with Gasteiger partial charge in [-0.25, -0.2) is 0 Å². The van der Waals surface area contributed by atoms with Crippen LogP contribution in [-0.2, 0) is 11.2 Å². The molecule has 40 heavy (non-hydrogen) atoms. The fraction of sp³-hybridized carbons (Fsp3) is 0.750. The number of ether oxygens (including phenoxy) is 1. The van der Waals surface area contributed by atoms with Gasteiger partial charge in [0.15, 0.2) is 5.88 Å². The lowest BCUT2D eigenvalue weighted by Crippen LogP contribution is -2.09. The Bertz CT molecular complexity index is 748. The van der Waals surface area contributed by atoms with Gasteiger partial charge in [-0.15, -0.1) is 0 Å². The average Bonchev–Trinajstić information content (AvgIpc) is 2.95. The predicted molar refractivity (Wildman–Crippen MR) is 178 cm³/mol. The molecule has 0 atom stereocenters. The molecule has 0 spiro atoms. The second kappa shape index (κ2) is 27.7. The van der Waals surface area contributed by atoms with E-state index in [9.17, 15) is 4.79 Å². The van der Waals surface area contributed by atoms with Gasteiger partial charge < -0.3 is 10.5 Å². The SMILES string of the molecule is CCCCCCCCCCCCCCCCCCSC(=O)/C=C(/N)Oc1ccccc1CCCCCCCCC. The topological polar surface area (TPSA) is 52.3 Å². The maximum absolute atomic E-state index is 12.3. The van der Waals surface area contributed by atoms with Crippen LogP contribution >= 0.6 is 11.8 Å². The first-order chi connectivity index (χ1) is 19.7. The van der Waals surface area contributed by atoms with Crippen molar-refractivity contribution in [2.75, 3.05) is 5.75 Å². The van der Waals surface area contributed by atoms with E-state index in [1.165, 1.54) is 158 Å². The van der Waals surface area contributed by atoms with Crippen LogP contribution < -0.4 is 10.5 Å². The van der Waals surface area contributed by atoms with Gasteiger partial charge in [-0.1, -0.05) is 179 Å². The lowest BCUT2D eigenvalue weighted by atomic mass is 10.0. The lowest BCUT2D eigenvalue weighted by molar-refractivity contribution is -0.107. The average molecular weight is 574 g/mol. The molecule has 1 rings (SSSR count). The molecule has 0 aromatic heterocycles. The number of rotatable bonds is 28. The molecule has 0 aliphatic carbocycles. The van der Waals surface area contributed by atoms with Crippen molar-refractivity contribution in [3.8, 4) is 5.75 Å². The molecule has 230 valence electrons. The minimum atomic E-state index is -0.0111. The molecule has 0 saturated carbocycles. The number of hydrogen-bond donors (Lipinski definition) is 1. The van der Waals surface area contributed by atoms with E-state index >= 15 is 0 Å². The third-order valence-electron chi connectivity index (χ3n) is 7.75. The Hall–Kier alpha value is -1.42. The largest absolute Gasteiger partial charge is 0.441 e. The standard InChI is InChI=1S/C36H63NO2S/c1-3-5-7-9-11-12-13-14-15-16-17-18-19-21-23-27-31-40-36(38)32-35(37)39-34-30-26-25-29-33(34)28-24-22-20-10-8-6-4-2/h25-26,29-30,32H,3-24,27-28,31,37H2,1-2H3/b35-32-. The first-order valence-electron chi connectivity index (χ1n) is 17.1. The van der Waals surface area contributed by atoms with Crippen molar-refractivity contribution in [3.05, 3.63) is 41.8 Å². The van der Waals surface area contributed by atoms with Crippen LogP contribution in [0.4, 0.5) is 0 Å². The van der Waals surface area contributed by atoms with Crippen molar-refractivity contribution < 1.29 is 9.53 Å². The zero-order valence-electron chi connectivity index (χ0n) is 26.4. The van der Waals surface area contributed by atoms with Crippen LogP contribution in [0.25, 0.3) is 0 Å². The van der Waals surface area contributed by atoms with Crippen LogP contribution in [0.5, 0.6) is 5.75 Å². The molecule has 2 N–H and O–H groups in total. The summed E-state index contributed by atoms with van der Waals surface area (Å²) in [5, 5.41) is -0.0111. The van der Waals surface area contributed by atoms with Crippen molar-refractivity contribution >= 4 is 16.9 Å². The quantitative estimate of drug-likeness (QED) is 0.0615. The fourth-order valence-electron chi connectivity index (χ4n) is 5.22. The number of benzene rings is 1. The molecule has 0 aliphatic heterocycles. The van der Waals surface area contributed by atoms with E-state index in [0.717, 1.165) is 30.8 Å². The zero-order chi connectivity index (χ0) is 28.9. The van der Waals surface area contributed by atoms with Gasteiger partial charge in [0.25, 0.3) is 0 Å². The molecule has 0 radical (unpaired) electrons. The highest BCUT2D eigenvalue weighted by molar-refractivity contribution is 8.14. The van der Waals surface area contributed by atoms with Crippen LogP contribution in [0.1, 0.15) is 167 Å². The van der Waals surface area contributed by atoms with Gasteiger partial charge in [0.2, 0.25) is 5.12 Å². The number of para-hydroxylation sites is 1. The molecular weight excluding hydrogens is 510 g/mol. The monoisotopic (exact) mass is 573 g/mol. The second-order valence-corrected chi connectivity index (χ2v) is 12.7. The highest BCUT2D eigenvalue weighted by atomic mass is 32.2. The summed E-state index contributed by atoms with van der Waals surface area (Å²) in [5.41, 5.74) is 7.24. The first kappa shape index (κ1) is 36.6. The molecule has 0 aliphatic rings. The molecule has 0 heterocycles. The van der Waals surface area contributed by atoms with Crippen molar-refractivity contribution in [3.63, 3.8) is 0 Å². The highest BCUT2D eigenvalue weighted by Gasteiger charge is 2.07. The Balaban J connectivity index is 2.04.